The number of likely N-dealkylation sites (tertiary alicyclic amines) is 1. The molecule has 0 aromatic heterocycles. The Morgan fingerprint density at radius 1 is 1.40 bits per heavy atom. The molecule has 1 saturated carbocycles. The van der Waals surface area contributed by atoms with Gasteiger partial charge >= 0.3 is 0 Å². The Labute approximate surface area is 93.0 Å². The van der Waals surface area contributed by atoms with E-state index in [4.69, 9.17) is 0 Å². The lowest BCUT2D eigenvalue weighted by atomic mass is 9.87. The molecule has 86 valence electrons. The molecule has 0 aromatic rings. The molecule has 2 aliphatic rings. The molecule has 1 saturated heterocycles. The Hall–Kier alpha value is -0.370. The van der Waals surface area contributed by atoms with Gasteiger partial charge in [0, 0.05) is 32.0 Å². The van der Waals surface area contributed by atoms with Crippen molar-refractivity contribution in [1.82, 2.24) is 4.90 Å². The van der Waals surface area contributed by atoms with Crippen LogP contribution in [-0.2, 0) is 4.79 Å². The van der Waals surface area contributed by atoms with Crippen molar-refractivity contribution in [2.45, 2.75) is 46.0 Å². The first kappa shape index (κ1) is 11.1. The van der Waals surface area contributed by atoms with Crippen LogP contribution in [0.4, 0.5) is 0 Å². The van der Waals surface area contributed by atoms with Crippen LogP contribution in [0.2, 0.25) is 0 Å². The van der Waals surface area contributed by atoms with Gasteiger partial charge < -0.3 is 4.90 Å². The van der Waals surface area contributed by atoms with E-state index >= 15 is 0 Å². The standard InChI is InChI=1S/C13H23NO/c1-11-9-14(8-5-12(11)15)10-13(2)6-3-4-7-13/h11H,3-10H2,1-2H3. The molecular formula is C13H23NO. The highest BCUT2D eigenvalue weighted by molar-refractivity contribution is 5.81. The van der Waals surface area contributed by atoms with Crippen molar-refractivity contribution in [3.8, 4) is 0 Å². The third kappa shape index (κ3) is 2.60. The molecule has 1 atom stereocenters. The fraction of sp³-hybridized carbons (Fsp3) is 0.923. The maximum absolute atomic E-state index is 11.4. The molecule has 1 aliphatic carbocycles. The summed E-state index contributed by atoms with van der Waals surface area (Å²) in [5.74, 6) is 0.728. The summed E-state index contributed by atoms with van der Waals surface area (Å²) in [5, 5.41) is 0. The second-order valence-corrected chi connectivity index (χ2v) is 5.87. The number of carbonyl (C=O) groups excluding carboxylic acids is 1. The van der Waals surface area contributed by atoms with Crippen molar-refractivity contribution in [2.24, 2.45) is 11.3 Å². The van der Waals surface area contributed by atoms with Crippen LogP contribution in [-0.4, -0.2) is 30.3 Å². The molecule has 0 aromatic carbocycles. The smallest absolute Gasteiger partial charge is 0.138 e. The van der Waals surface area contributed by atoms with E-state index in [9.17, 15) is 4.79 Å². The predicted octanol–water partition coefficient (Wildman–Crippen LogP) is 2.48. The quantitative estimate of drug-likeness (QED) is 0.696. The number of carbonyl (C=O) groups is 1. The van der Waals surface area contributed by atoms with Crippen molar-refractivity contribution in [3.05, 3.63) is 0 Å². The highest BCUT2D eigenvalue weighted by atomic mass is 16.1. The van der Waals surface area contributed by atoms with E-state index in [1.807, 2.05) is 0 Å². The van der Waals surface area contributed by atoms with Gasteiger partial charge in [-0.2, -0.15) is 0 Å². The van der Waals surface area contributed by atoms with Crippen LogP contribution in [0.5, 0.6) is 0 Å². The van der Waals surface area contributed by atoms with Crippen LogP contribution in [0.25, 0.3) is 0 Å². The second-order valence-electron chi connectivity index (χ2n) is 5.87. The minimum atomic E-state index is 0.267. The number of hydrogen-bond donors (Lipinski definition) is 0. The predicted molar refractivity (Wildman–Crippen MR) is 61.8 cm³/mol. The normalized spacial score (nSPS) is 32.1. The highest BCUT2D eigenvalue weighted by Crippen LogP contribution is 2.38. The zero-order valence-corrected chi connectivity index (χ0v) is 10.1. The molecule has 2 heteroatoms. The summed E-state index contributed by atoms with van der Waals surface area (Å²) in [5.41, 5.74) is 0.542. The van der Waals surface area contributed by atoms with E-state index < -0.39 is 0 Å². The Morgan fingerprint density at radius 2 is 2.07 bits per heavy atom. The lowest BCUT2D eigenvalue weighted by molar-refractivity contribution is -0.126. The second kappa shape index (κ2) is 4.25. The van der Waals surface area contributed by atoms with E-state index in [2.05, 4.69) is 18.7 Å². The minimum Gasteiger partial charge on any atom is -0.302 e. The van der Waals surface area contributed by atoms with Gasteiger partial charge in [0.2, 0.25) is 0 Å². The van der Waals surface area contributed by atoms with Crippen molar-refractivity contribution >= 4 is 5.78 Å². The van der Waals surface area contributed by atoms with E-state index in [1.54, 1.807) is 0 Å². The third-order valence-electron chi connectivity index (χ3n) is 4.17. The van der Waals surface area contributed by atoms with Gasteiger partial charge in [0.15, 0.2) is 0 Å². The van der Waals surface area contributed by atoms with Gasteiger partial charge in [0.1, 0.15) is 5.78 Å². The zero-order valence-electron chi connectivity index (χ0n) is 10.1. The van der Waals surface area contributed by atoms with Crippen molar-refractivity contribution in [1.29, 1.82) is 0 Å². The molecule has 1 aliphatic heterocycles. The first-order valence-electron chi connectivity index (χ1n) is 6.34. The van der Waals surface area contributed by atoms with Crippen molar-refractivity contribution in [3.63, 3.8) is 0 Å². The largest absolute Gasteiger partial charge is 0.302 e. The minimum absolute atomic E-state index is 0.267. The fourth-order valence-corrected chi connectivity index (χ4v) is 3.17. The van der Waals surface area contributed by atoms with Gasteiger partial charge in [-0.05, 0) is 18.3 Å². The molecule has 0 spiro atoms. The summed E-state index contributed by atoms with van der Waals surface area (Å²) in [6.07, 6.45) is 6.34. The van der Waals surface area contributed by atoms with E-state index in [-0.39, 0.29) is 5.92 Å². The molecule has 1 unspecified atom stereocenters. The Kier molecular flexibility index (Phi) is 3.15. The molecule has 1 heterocycles. The molecule has 2 fully saturated rings. The monoisotopic (exact) mass is 209 g/mol. The first-order chi connectivity index (χ1) is 7.09. The van der Waals surface area contributed by atoms with Crippen LogP contribution >= 0.6 is 0 Å². The van der Waals surface area contributed by atoms with Gasteiger partial charge in [-0.15, -0.1) is 0 Å². The molecule has 0 N–H and O–H groups in total. The Balaban J connectivity index is 1.87. The van der Waals surface area contributed by atoms with E-state index in [0.29, 0.717) is 11.2 Å². The number of ketones is 1. The summed E-state index contributed by atoms with van der Waals surface area (Å²) in [6.45, 7) is 7.70. The molecule has 0 bridgehead atoms. The highest BCUT2D eigenvalue weighted by Gasteiger charge is 2.33. The SMILES string of the molecule is CC1CN(CC2(C)CCCC2)CCC1=O. The molecule has 2 rings (SSSR count). The molecule has 2 nitrogen and oxygen atoms in total. The van der Waals surface area contributed by atoms with Gasteiger partial charge in [0.05, 0.1) is 0 Å². The molecular weight excluding hydrogens is 186 g/mol. The summed E-state index contributed by atoms with van der Waals surface area (Å²) in [6, 6.07) is 0. The number of rotatable bonds is 2. The van der Waals surface area contributed by atoms with E-state index in [0.717, 1.165) is 19.5 Å². The fourth-order valence-electron chi connectivity index (χ4n) is 3.17. The maximum Gasteiger partial charge on any atom is 0.138 e. The summed E-state index contributed by atoms with van der Waals surface area (Å²) < 4.78 is 0. The number of nitrogens with zero attached hydrogens (tertiary/aromatic N) is 1. The van der Waals surface area contributed by atoms with Gasteiger partial charge in [-0.25, -0.2) is 0 Å². The van der Waals surface area contributed by atoms with Crippen molar-refractivity contribution in [2.75, 3.05) is 19.6 Å². The number of Topliss-reactive ketones (excluding diaryl/α,β-unsaturated/α-hetero) is 1. The van der Waals surface area contributed by atoms with Crippen LogP contribution in [0.15, 0.2) is 0 Å². The first-order valence-corrected chi connectivity index (χ1v) is 6.34. The third-order valence-corrected chi connectivity index (χ3v) is 4.17. The number of piperidine rings is 1. The van der Waals surface area contributed by atoms with Crippen LogP contribution < -0.4 is 0 Å². The molecule has 15 heavy (non-hydrogen) atoms. The topological polar surface area (TPSA) is 20.3 Å². The number of hydrogen-bond acceptors (Lipinski definition) is 2. The summed E-state index contributed by atoms with van der Waals surface area (Å²) >= 11 is 0. The van der Waals surface area contributed by atoms with Gasteiger partial charge in [0.25, 0.3) is 0 Å². The van der Waals surface area contributed by atoms with Crippen LogP contribution in [0.3, 0.4) is 0 Å². The van der Waals surface area contributed by atoms with E-state index in [1.165, 1.54) is 32.2 Å². The maximum atomic E-state index is 11.4. The summed E-state index contributed by atoms with van der Waals surface area (Å²) in [7, 11) is 0. The van der Waals surface area contributed by atoms with Gasteiger partial charge in [-0.3, -0.25) is 4.79 Å². The van der Waals surface area contributed by atoms with Crippen LogP contribution in [0.1, 0.15) is 46.0 Å². The Bertz CT molecular complexity index is 243. The molecule has 0 radical (unpaired) electrons. The van der Waals surface area contributed by atoms with Crippen molar-refractivity contribution < 1.29 is 4.79 Å². The molecule has 0 amide bonds. The van der Waals surface area contributed by atoms with Gasteiger partial charge in [-0.1, -0.05) is 26.7 Å². The zero-order chi connectivity index (χ0) is 10.9. The Morgan fingerprint density at radius 3 is 2.67 bits per heavy atom. The lowest BCUT2D eigenvalue weighted by Crippen LogP contribution is -2.44. The average Bonchev–Trinajstić information content (AvgIpc) is 2.59. The average molecular weight is 209 g/mol. The summed E-state index contributed by atoms with van der Waals surface area (Å²) in [4.78, 5) is 13.9. The lowest BCUT2D eigenvalue weighted by Gasteiger charge is -2.36. The van der Waals surface area contributed by atoms with Crippen LogP contribution in [0, 0.1) is 11.3 Å².